The minimum Gasteiger partial charge on any atom is -0.325 e. The highest BCUT2D eigenvalue weighted by Crippen LogP contribution is 2.22. The Morgan fingerprint density at radius 3 is 2.43 bits per heavy atom. The first kappa shape index (κ1) is 17.5. The number of nitrogens with zero attached hydrogens (tertiary/aromatic N) is 3. The largest absolute Gasteiger partial charge is 0.325 e. The van der Waals surface area contributed by atoms with Crippen molar-refractivity contribution in [3.05, 3.63) is 35.7 Å². The molecule has 0 unspecified atom stereocenters. The zero-order valence-corrected chi connectivity index (χ0v) is 15.0. The summed E-state index contributed by atoms with van der Waals surface area (Å²) in [6.45, 7) is 8.37. The van der Waals surface area contributed by atoms with Crippen molar-refractivity contribution in [3.8, 4) is 0 Å². The third-order valence-electron chi connectivity index (χ3n) is 3.55. The van der Waals surface area contributed by atoms with Crippen LogP contribution in [0, 0.1) is 0 Å². The lowest BCUT2D eigenvalue weighted by atomic mass is 10.1. The van der Waals surface area contributed by atoms with Gasteiger partial charge in [0, 0.05) is 18.2 Å². The van der Waals surface area contributed by atoms with Gasteiger partial charge in [0.05, 0.1) is 5.75 Å². The predicted octanol–water partition coefficient (Wildman–Crippen LogP) is 3.71. The van der Waals surface area contributed by atoms with E-state index in [-0.39, 0.29) is 11.9 Å². The van der Waals surface area contributed by atoms with Gasteiger partial charge in [-0.3, -0.25) is 4.79 Å². The van der Waals surface area contributed by atoms with Crippen molar-refractivity contribution >= 4 is 23.4 Å². The molecule has 0 bridgehead atoms. The van der Waals surface area contributed by atoms with Crippen LogP contribution in [0.2, 0.25) is 0 Å². The summed E-state index contributed by atoms with van der Waals surface area (Å²) in [7, 11) is 0. The van der Waals surface area contributed by atoms with Gasteiger partial charge in [0.25, 0.3) is 0 Å². The minimum absolute atomic E-state index is 0.0318. The summed E-state index contributed by atoms with van der Waals surface area (Å²) in [6.07, 6.45) is 1.83. The Morgan fingerprint density at radius 1 is 1.17 bits per heavy atom. The fourth-order valence-electron chi connectivity index (χ4n) is 2.32. The molecule has 124 valence electrons. The number of aryl methyl sites for hydroxylation is 2. The molecule has 0 fully saturated rings. The van der Waals surface area contributed by atoms with Crippen LogP contribution in [0.3, 0.4) is 0 Å². The van der Waals surface area contributed by atoms with Crippen LogP contribution in [0.5, 0.6) is 0 Å². The van der Waals surface area contributed by atoms with E-state index in [0.717, 1.165) is 29.5 Å². The minimum atomic E-state index is -0.0318. The lowest BCUT2D eigenvalue weighted by Crippen LogP contribution is -2.15. The van der Waals surface area contributed by atoms with Crippen LogP contribution in [-0.2, 0) is 17.6 Å². The Balaban J connectivity index is 1.95. The molecule has 0 atom stereocenters. The second-order valence-electron chi connectivity index (χ2n) is 5.60. The molecule has 2 rings (SSSR count). The van der Waals surface area contributed by atoms with Gasteiger partial charge in [-0.25, -0.2) is 0 Å². The first-order valence-electron chi connectivity index (χ1n) is 8.00. The summed E-state index contributed by atoms with van der Waals surface area (Å²) in [5, 5.41) is 12.1. The number of hydrogen-bond acceptors (Lipinski definition) is 4. The summed E-state index contributed by atoms with van der Waals surface area (Å²) >= 11 is 1.42. The summed E-state index contributed by atoms with van der Waals surface area (Å²) in [5.41, 5.74) is 2.09. The number of carbonyl (C=O) groups excluding carboxylic acids is 1. The van der Waals surface area contributed by atoms with Crippen molar-refractivity contribution < 1.29 is 4.79 Å². The summed E-state index contributed by atoms with van der Waals surface area (Å²) in [4.78, 5) is 12.1. The number of aromatic nitrogens is 3. The van der Waals surface area contributed by atoms with Crippen molar-refractivity contribution in [2.75, 3.05) is 11.1 Å². The number of carbonyl (C=O) groups is 1. The standard InChI is InChI=1S/C17H24N4OS/c1-5-13-7-9-14(10-8-13)18-16(22)11-23-17-20-19-15(6-2)21(17)12(3)4/h7-10,12H,5-6,11H2,1-4H3,(H,18,22). The van der Waals surface area contributed by atoms with Crippen LogP contribution in [0.15, 0.2) is 29.4 Å². The lowest BCUT2D eigenvalue weighted by Gasteiger charge is -2.12. The Kier molecular flexibility index (Phi) is 6.21. The molecule has 1 heterocycles. The van der Waals surface area contributed by atoms with Crippen LogP contribution in [-0.4, -0.2) is 26.4 Å². The van der Waals surface area contributed by atoms with E-state index in [4.69, 9.17) is 0 Å². The first-order valence-corrected chi connectivity index (χ1v) is 8.99. The lowest BCUT2D eigenvalue weighted by molar-refractivity contribution is -0.113. The van der Waals surface area contributed by atoms with Gasteiger partial charge >= 0.3 is 0 Å². The topological polar surface area (TPSA) is 59.8 Å². The molecule has 1 N–H and O–H groups in total. The number of hydrogen-bond donors (Lipinski definition) is 1. The number of anilines is 1. The molecule has 0 saturated heterocycles. The van der Waals surface area contributed by atoms with E-state index in [0.29, 0.717) is 5.75 Å². The molecule has 0 aliphatic heterocycles. The Bertz CT molecular complexity index is 649. The Hall–Kier alpha value is -1.82. The Labute approximate surface area is 141 Å². The number of amides is 1. The van der Waals surface area contributed by atoms with E-state index < -0.39 is 0 Å². The van der Waals surface area contributed by atoms with Crippen molar-refractivity contribution in [2.24, 2.45) is 0 Å². The second-order valence-corrected chi connectivity index (χ2v) is 6.55. The van der Waals surface area contributed by atoms with E-state index in [1.165, 1.54) is 17.3 Å². The molecule has 6 heteroatoms. The molecule has 1 aromatic carbocycles. The molecule has 1 amide bonds. The summed E-state index contributed by atoms with van der Waals surface area (Å²) < 4.78 is 2.09. The van der Waals surface area contributed by atoms with Crippen LogP contribution < -0.4 is 5.32 Å². The maximum absolute atomic E-state index is 12.1. The highest BCUT2D eigenvalue weighted by atomic mass is 32.2. The maximum Gasteiger partial charge on any atom is 0.234 e. The second kappa shape index (κ2) is 8.15. The van der Waals surface area contributed by atoms with Crippen molar-refractivity contribution in [1.82, 2.24) is 14.8 Å². The number of nitrogens with one attached hydrogen (secondary N) is 1. The Morgan fingerprint density at radius 2 is 1.87 bits per heavy atom. The van der Waals surface area contributed by atoms with Crippen LogP contribution >= 0.6 is 11.8 Å². The van der Waals surface area contributed by atoms with E-state index in [2.05, 4.69) is 47.8 Å². The third-order valence-corrected chi connectivity index (χ3v) is 4.49. The van der Waals surface area contributed by atoms with Gasteiger partial charge < -0.3 is 9.88 Å². The number of thioether (sulfide) groups is 1. The highest BCUT2D eigenvalue weighted by Gasteiger charge is 2.15. The van der Waals surface area contributed by atoms with Crippen molar-refractivity contribution in [1.29, 1.82) is 0 Å². The van der Waals surface area contributed by atoms with Crippen LogP contribution in [0.1, 0.15) is 45.1 Å². The molecular formula is C17H24N4OS. The zero-order chi connectivity index (χ0) is 16.8. The molecule has 2 aromatic rings. The molecule has 0 spiro atoms. The third kappa shape index (κ3) is 4.58. The van der Waals surface area contributed by atoms with Crippen LogP contribution in [0.25, 0.3) is 0 Å². The summed E-state index contributed by atoms with van der Waals surface area (Å²) in [5.74, 6) is 1.25. The molecule has 0 aliphatic rings. The van der Waals surface area contributed by atoms with Crippen LogP contribution in [0.4, 0.5) is 5.69 Å². The normalized spacial score (nSPS) is 11.0. The molecule has 1 aromatic heterocycles. The quantitative estimate of drug-likeness (QED) is 0.785. The van der Waals surface area contributed by atoms with Gasteiger partial charge in [-0.2, -0.15) is 0 Å². The SMILES string of the molecule is CCc1ccc(NC(=O)CSc2nnc(CC)n2C(C)C)cc1. The smallest absolute Gasteiger partial charge is 0.234 e. The van der Waals surface area contributed by atoms with Crippen molar-refractivity contribution in [3.63, 3.8) is 0 Å². The van der Waals surface area contributed by atoms with E-state index in [1.807, 2.05) is 24.3 Å². The van der Waals surface area contributed by atoms with E-state index >= 15 is 0 Å². The van der Waals surface area contributed by atoms with Gasteiger partial charge in [0.15, 0.2) is 5.16 Å². The molecule has 0 saturated carbocycles. The van der Waals surface area contributed by atoms with Crippen molar-refractivity contribution in [2.45, 2.75) is 51.7 Å². The van der Waals surface area contributed by atoms with E-state index in [1.54, 1.807) is 0 Å². The zero-order valence-electron chi connectivity index (χ0n) is 14.2. The van der Waals surface area contributed by atoms with Gasteiger partial charge in [0.2, 0.25) is 5.91 Å². The fraction of sp³-hybridized carbons (Fsp3) is 0.471. The average molecular weight is 332 g/mol. The molecule has 0 radical (unpaired) electrons. The summed E-state index contributed by atoms with van der Waals surface area (Å²) in [6, 6.07) is 8.23. The molecular weight excluding hydrogens is 308 g/mol. The maximum atomic E-state index is 12.1. The molecule has 5 nitrogen and oxygen atoms in total. The monoisotopic (exact) mass is 332 g/mol. The van der Waals surface area contributed by atoms with Gasteiger partial charge in [-0.05, 0) is 38.0 Å². The molecule has 0 aliphatic carbocycles. The first-order chi connectivity index (χ1) is 11.0. The fourth-order valence-corrected chi connectivity index (χ4v) is 3.20. The predicted molar refractivity (Wildman–Crippen MR) is 95.0 cm³/mol. The van der Waals surface area contributed by atoms with E-state index in [9.17, 15) is 4.79 Å². The number of rotatable bonds is 7. The van der Waals surface area contributed by atoms with Gasteiger partial charge in [0.1, 0.15) is 5.82 Å². The highest BCUT2D eigenvalue weighted by molar-refractivity contribution is 7.99. The average Bonchev–Trinajstić information content (AvgIpc) is 2.97. The number of benzene rings is 1. The van der Waals surface area contributed by atoms with Gasteiger partial charge in [-0.15, -0.1) is 10.2 Å². The van der Waals surface area contributed by atoms with Gasteiger partial charge in [-0.1, -0.05) is 37.7 Å². The molecule has 23 heavy (non-hydrogen) atoms.